The summed E-state index contributed by atoms with van der Waals surface area (Å²) in [5.74, 6) is 0.158. The fourth-order valence-electron chi connectivity index (χ4n) is 3.95. The SMILES string of the molecule is COC(=O)c1ccc(C)c2nc(OC)n(-c3ccc(-c4ccccc4-c4nnn[nH]4)cc3)c12. The Morgan fingerprint density at radius 2 is 1.73 bits per heavy atom. The Labute approximate surface area is 189 Å². The third kappa shape index (κ3) is 3.39. The van der Waals surface area contributed by atoms with Crippen molar-refractivity contribution in [3.05, 3.63) is 71.8 Å². The van der Waals surface area contributed by atoms with Crippen LogP contribution >= 0.6 is 0 Å². The van der Waals surface area contributed by atoms with Crippen LogP contribution in [0.15, 0.2) is 60.7 Å². The molecule has 2 aromatic heterocycles. The third-order valence-corrected chi connectivity index (χ3v) is 5.53. The van der Waals surface area contributed by atoms with E-state index in [4.69, 9.17) is 9.47 Å². The van der Waals surface area contributed by atoms with Gasteiger partial charge in [-0.3, -0.25) is 4.57 Å². The van der Waals surface area contributed by atoms with Crippen LogP contribution in [0, 0.1) is 6.92 Å². The second kappa shape index (κ2) is 8.19. The zero-order chi connectivity index (χ0) is 22.9. The Kier molecular flexibility index (Phi) is 5.06. The minimum atomic E-state index is -0.435. The smallest absolute Gasteiger partial charge is 0.340 e. The standard InChI is InChI=1S/C24H20N6O3/c1-14-8-13-19(23(31)32-2)21-20(14)25-24(33-3)30(21)16-11-9-15(10-12-16)17-6-4-5-7-18(17)22-26-28-29-27-22/h4-13H,1-3H3,(H,26,27,28,29). The highest BCUT2D eigenvalue weighted by molar-refractivity contribution is 6.04. The van der Waals surface area contributed by atoms with E-state index in [1.807, 2.05) is 66.1 Å². The summed E-state index contributed by atoms with van der Waals surface area (Å²) in [7, 11) is 2.92. The lowest BCUT2D eigenvalue weighted by atomic mass is 9.99. The van der Waals surface area contributed by atoms with Gasteiger partial charge in [0.15, 0.2) is 5.82 Å². The molecule has 0 fully saturated rings. The van der Waals surface area contributed by atoms with E-state index in [0.29, 0.717) is 28.4 Å². The minimum Gasteiger partial charge on any atom is -0.468 e. The number of rotatable bonds is 5. The van der Waals surface area contributed by atoms with E-state index in [9.17, 15) is 4.79 Å². The highest BCUT2D eigenvalue weighted by Gasteiger charge is 2.22. The van der Waals surface area contributed by atoms with E-state index < -0.39 is 5.97 Å². The number of nitrogens with zero attached hydrogens (tertiary/aromatic N) is 5. The van der Waals surface area contributed by atoms with Gasteiger partial charge in [0.1, 0.15) is 0 Å². The van der Waals surface area contributed by atoms with Gasteiger partial charge >= 0.3 is 12.0 Å². The molecule has 3 aromatic carbocycles. The first-order chi connectivity index (χ1) is 16.1. The molecule has 5 aromatic rings. The van der Waals surface area contributed by atoms with Crippen LogP contribution in [0.2, 0.25) is 0 Å². The predicted molar refractivity (Wildman–Crippen MR) is 122 cm³/mol. The molecule has 1 N–H and O–H groups in total. The zero-order valence-electron chi connectivity index (χ0n) is 18.2. The van der Waals surface area contributed by atoms with Crippen molar-refractivity contribution in [3.8, 4) is 34.2 Å². The van der Waals surface area contributed by atoms with Gasteiger partial charge < -0.3 is 9.47 Å². The first kappa shape index (κ1) is 20.4. The van der Waals surface area contributed by atoms with Crippen molar-refractivity contribution in [1.82, 2.24) is 30.2 Å². The molecular weight excluding hydrogens is 420 g/mol. The van der Waals surface area contributed by atoms with Crippen LogP contribution in [-0.4, -0.2) is 50.4 Å². The van der Waals surface area contributed by atoms with E-state index in [1.165, 1.54) is 7.11 Å². The Bertz CT molecular complexity index is 1460. The first-order valence-electron chi connectivity index (χ1n) is 10.2. The lowest BCUT2D eigenvalue weighted by molar-refractivity contribution is 0.0602. The molecular formula is C24H20N6O3. The molecule has 164 valence electrons. The monoisotopic (exact) mass is 440 g/mol. The van der Waals surface area contributed by atoms with Crippen molar-refractivity contribution in [3.63, 3.8) is 0 Å². The molecule has 0 aliphatic rings. The van der Waals surface area contributed by atoms with Crippen molar-refractivity contribution >= 4 is 17.0 Å². The number of methoxy groups -OCH3 is 2. The van der Waals surface area contributed by atoms with Crippen LogP contribution in [0.5, 0.6) is 6.01 Å². The van der Waals surface area contributed by atoms with Crippen molar-refractivity contribution in [1.29, 1.82) is 0 Å². The number of carbonyl (C=O) groups excluding carboxylic acids is 1. The number of aromatic nitrogens is 6. The van der Waals surface area contributed by atoms with E-state index in [2.05, 4.69) is 25.6 Å². The molecule has 0 atom stereocenters. The summed E-state index contributed by atoms with van der Waals surface area (Å²) in [6, 6.07) is 19.8. The summed E-state index contributed by atoms with van der Waals surface area (Å²) in [6.45, 7) is 1.94. The van der Waals surface area contributed by atoms with Gasteiger partial charge in [-0.05, 0) is 52.2 Å². The molecule has 33 heavy (non-hydrogen) atoms. The van der Waals surface area contributed by atoms with Crippen molar-refractivity contribution in [2.45, 2.75) is 6.92 Å². The number of imidazole rings is 1. The number of esters is 1. The number of tetrazole rings is 1. The number of H-pyrrole nitrogens is 1. The largest absolute Gasteiger partial charge is 0.468 e. The Morgan fingerprint density at radius 1 is 0.970 bits per heavy atom. The number of benzene rings is 3. The lowest BCUT2D eigenvalue weighted by Crippen LogP contribution is -2.06. The number of aromatic amines is 1. The summed E-state index contributed by atoms with van der Waals surface area (Å²) in [6.07, 6.45) is 0. The van der Waals surface area contributed by atoms with Gasteiger partial charge in [-0.15, -0.1) is 5.10 Å². The van der Waals surface area contributed by atoms with E-state index in [-0.39, 0.29) is 0 Å². The van der Waals surface area contributed by atoms with E-state index >= 15 is 0 Å². The van der Waals surface area contributed by atoms with Gasteiger partial charge in [-0.1, -0.05) is 42.5 Å². The Hall–Kier alpha value is -4.53. The van der Waals surface area contributed by atoms with Gasteiger partial charge in [0.2, 0.25) is 0 Å². The summed E-state index contributed by atoms with van der Waals surface area (Å²) < 4.78 is 12.4. The lowest BCUT2D eigenvalue weighted by Gasteiger charge is -2.12. The molecule has 0 radical (unpaired) electrons. The maximum Gasteiger partial charge on any atom is 0.340 e. The molecule has 5 rings (SSSR count). The minimum absolute atomic E-state index is 0.380. The number of aryl methyl sites for hydroxylation is 1. The number of ether oxygens (including phenoxy) is 2. The maximum atomic E-state index is 12.5. The topological polar surface area (TPSA) is 108 Å². The Balaban J connectivity index is 1.66. The molecule has 0 saturated heterocycles. The summed E-state index contributed by atoms with van der Waals surface area (Å²) in [5, 5.41) is 14.2. The molecule has 0 saturated carbocycles. The quantitative estimate of drug-likeness (QED) is 0.412. The number of fused-ring (bicyclic) bond motifs is 1. The first-order valence-corrected chi connectivity index (χ1v) is 10.2. The highest BCUT2D eigenvalue weighted by atomic mass is 16.5. The van der Waals surface area contributed by atoms with Crippen molar-refractivity contribution in [2.24, 2.45) is 0 Å². The van der Waals surface area contributed by atoms with Gasteiger partial charge in [0.25, 0.3) is 0 Å². The van der Waals surface area contributed by atoms with Crippen LogP contribution in [-0.2, 0) is 4.74 Å². The van der Waals surface area contributed by atoms with E-state index in [1.54, 1.807) is 13.2 Å². The highest BCUT2D eigenvalue weighted by Crippen LogP contribution is 2.34. The summed E-state index contributed by atoms with van der Waals surface area (Å²) in [4.78, 5) is 17.1. The summed E-state index contributed by atoms with van der Waals surface area (Å²) >= 11 is 0. The molecule has 0 aliphatic heterocycles. The van der Waals surface area contributed by atoms with Crippen LogP contribution in [0.25, 0.3) is 39.2 Å². The Morgan fingerprint density at radius 3 is 2.39 bits per heavy atom. The normalized spacial score (nSPS) is 11.0. The molecule has 2 heterocycles. The fraction of sp³-hybridized carbons (Fsp3) is 0.125. The zero-order valence-corrected chi connectivity index (χ0v) is 18.2. The van der Waals surface area contributed by atoms with Crippen LogP contribution < -0.4 is 4.74 Å². The fourth-order valence-corrected chi connectivity index (χ4v) is 3.95. The van der Waals surface area contributed by atoms with Gasteiger partial charge in [0.05, 0.1) is 36.5 Å². The van der Waals surface area contributed by atoms with Gasteiger partial charge in [-0.25, -0.2) is 9.89 Å². The number of carbonyl (C=O) groups is 1. The molecule has 0 amide bonds. The maximum absolute atomic E-state index is 12.5. The molecule has 9 nitrogen and oxygen atoms in total. The third-order valence-electron chi connectivity index (χ3n) is 5.53. The predicted octanol–water partition coefficient (Wildman–Crippen LogP) is 3.98. The van der Waals surface area contributed by atoms with Crippen molar-refractivity contribution < 1.29 is 14.3 Å². The molecule has 9 heteroatoms. The molecule has 0 unspecified atom stereocenters. The van der Waals surface area contributed by atoms with Crippen LogP contribution in [0.1, 0.15) is 15.9 Å². The van der Waals surface area contributed by atoms with Crippen molar-refractivity contribution in [2.75, 3.05) is 14.2 Å². The number of hydrogen-bond donors (Lipinski definition) is 1. The molecule has 0 spiro atoms. The molecule has 0 aliphatic carbocycles. The van der Waals surface area contributed by atoms with Gasteiger partial charge in [-0.2, -0.15) is 4.98 Å². The van der Waals surface area contributed by atoms with Gasteiger partial charge in [0, 0.05) is 5.56 Å². The average molecular weight is 440 g/mol. The summed E-state index contributed by atoms with van der Waals surface area (Å²) in [5.41, 5.74) is 6.33. The second-order valence-electron chi connectivity index (χ2n) is 7.40. The van der Waals surface area contributed by atoms with Crippen LogP contribution in [0.4, 0.5) is 0 Å². The number of nitrogens with one attached hydrogen (secondary N) is 1. The van der Waals surface area contributed by atoms with Crippen LogP contribution in [0.3, 0.4) is 0 Å². The number of hydrogen-bond acceptors (Lipinski definition) is 7. The van der Waals surface area contributed by atoms with E-state index in [0.717, 1.165) is 27.9 Å². The molecule has 0 bridgehead atoms. The second-order valence-corrected chi connectivity index (χ2v) is 7.40. The average Bonchev–Trinajstić information content (AvgIpc) is 3.53.